The van der Waals surface area contributed by atoms with Crippen LogP contribution in [0.5, 0.6) is 0 Å². The number of nitrogens with one attached hydrogen (secondary N) is 2. The number of carbonyl (C=O) groups excluding carboxylic acids is 1. The van der Waals surface area contributed by atoms with Crippen LogP contribution in [0.1, 0.15) is 60.4 Å². The molecule has 0 unspecified atom stereocenters. The lowest BCUT2D eigenvalue weighted by Crippen LogP contribution is -2.31. The van der Waals surface area contributed by atoms with E-state index in [9.17, 15) is 13.2 Å². The van der Waals surface area contributed by atoms with Gasteiger partial charge in [0.25, 0.3) is 0 Å². The number of hydrogen-bond acceptors (Lipinski definition) is 5. The van der Waals surface area contributed by atoms with Gasteiger partial charge in [-0.2, -0.15) is 0 Å². The number of carbonyl (C=O) groups is 1. The van der Waals surface area contributed by atoms with E-state index < -0.39 is 10.0 Å². The maximum absolute atomic E-state index is 13.0. The van der Waals surface area contributed by atoms with Crippen LogP contribution in [-0.2, 0) is 21.2 Å². The van der Waals surface area contributed by atoms with E-state index in [0.717, 1.165) is 30.4 Å². The first-order valence-corrected chi connectivity index (χ1v) is 12.5. The Morgan fingerprint density at radius 1 is 1.15 bits per heavy atom. The number of nitrogens with zero attached hydrogens (tertiary/aromatic N) is 1. The van der Waals surface area contributed by atoms with E-state index in [2.05, 4.69) is 21.3 Å². The highest BCUT2D eigenvalue weighted by Crippen LogP contribution is 2.31. The summed E-state index contributed by atoms with van der Waals surface area (Å²) in [6, 6.07) is 14.4. The Bertz CT molecular complexity index is 1280. The lowest BCUT2D eigenvalue weighted by atomic mass is 9.88. The maximum atomic E-state index is 13.0. The highest BCUT2D eigenvalue weighted by Gasteiger charge is 2.25. The predicted molar refractivity (Wildman–Crippen MR) is 128 cm³/mol. The van der Waals surface area contributed by atoms with Crippen LogP contribution in [-0.4, -0.2) is 19.5 Å². The fraction of sp³-hybridized carbons (Fsp3) is 0.280. The zero-order valence-electron chi connectivity index (χ0n) is 18.7. The van der Waals surface area contributed by atoms with Gasteiger partial charge in [-0.05, 0) is 61.1 Å². The predicted octanol–water partition coefficient (Wildman–Crippen LogP) is 4.86. The molecule has 0 saturated carbocycles. The summed E-state index contributed by atoms with van der Waals surface area (Å²) < 4.78 is 34.1. The summed E-state index contributed by atoms with van der Waals surface area (Å²) >= 11 is 0. The molecule has 2 aromatic carbocycles. The molecule has 0 fully saturated rings. The Kier molecular flexibility index (Phi) is 6.76. The van der Waals surface area contributed by atoms with Crippen molar-refractivity contribution in [3.63, 3.8) is 0 Å². The van der Waals surface area contributed by atoms with Gasteiger partial charge >= 0.3 is 0 Å². The molecular weight excluding hydrogens is 438 g/mol. The summed E-state index contributed by atoms with van der Waals surface area (Å²) in [4.78, 5) is 11.9. The standard InChI is InChI=1S/C25H27N3O4S/c1-3-24(29)26-25-17(2)27-32-23(25)16-13-18-11-14-20(15-12-18)33(30,31)28-22-10-6-8-19-7-4-5-9-21(19)22/h4-5,7,9,11-16,22,28H,3,6,8,10H2,1-2H3,(H,26,29)/b16-13-/t22-/m0/s1. The van der Waals surface area contributed by atoms with E-state index in [-0.39, 0.29) is 16.8 Å². The van der Waals surface area contributed by atoms with E-state index in [4.69, 9.17) is 4.52 Å². The zero-order valence-corrected chi connectivity index (χ0v) is 19.5. The molecule has 1 heterocycles. The highest BCUT2D eigenvalue weighted by atomic mass is 32.2. The molecule has 0 spiro atoms. The second-order valence-electron chi connectivity index (χ2n) is 8.08. The number of sulfonamides is 1. The molecule has 2 N–H and O–H groups in total. The van der Waals surface area contributed by atoms with Crippen LogP contribution in [0.25, 0.3) is 12.2 Å². The van der Waals surface area contributed by atoms with Crippen molar-refractivity contribution in [2.24, 2.45) is 0 Å². The molecule has 1 aliphatic rings. The van der Waals surface area contributed by atoms with Gasteiger partial charge in [0.05, 0.1) is 4.90 Å². The van der Waals surface area contributed by atoms with Crippen LogP contribution in [0.4, 0.5) is 5.69 Å². The molecule has 4 rings (SSSR count). The van der Waals surface area contributed by atoms with Gasteiger partial charge in [0.15, 0.2) is 5.76 Å². The molecule has 172 valence electrons. The third-order valence-corrected chi connectivity index (χ3v) is 7.25. The van der Waals surface area contributed by atoms with Crippen molar-refractivity contribution in [1.82, 2.24) is 9.88 Å². The number of aryl methyl sites for hydroxylation is 2. The van der Waals surface area contributed by atoms with Gasteiger partial charge in [0, 0.05) is 12.5 Å². The third-order valence-electron chi connectivity index (χ3n) is 5.76. The SMILES string of the molecule is CCC(=O)Nc1c(C)noc1/C=C\c1ccc(S(=O)(=O)N[C@H]2CCCc3ccccc32)cc1. The Balaban J connectivity index is 1.48. The van der Waals surface area contributed by atoms with Crippen LogP contribution in [0, 0.1) is 6.92 Å². The van der Waals surface area contributed by atoms with E-state index in [1.165, 1.54) is 5.56 Å². The van der Waals surface area contributed by atoms with Crippen LogP contribution >= 0.6 is 0 Å². The van der Waals surface area contributed by atoms with Crippen LogP contribution in [0.2, 0.25) is 0 Å². The van der Waals surface area contributed by atoms with Gasteiger partial charge in [0.2, 0.25) is 15.9 Å². The lowest BCUT2D eigenvalue weighted by Gasteiger charge is -2.26. The second kappa shape index (κ2) is 9.72. The second-order valence-corrected chi connectivity index (χ2v) is 9.79. The first-order valence-electron chi connectivity index (χ1n) is 11.0. The Morgan fingerprint density at radius 2 is 1.91 bits per heavy atom. The quantitative estimate of drug-likeness (QED) is 0.519. The fourth-order valence-corrected chi connectivity index (χ4v) is 5.19. The van der Waals surface area contributed by atoms with Gasteiger partial charge in [-0.15, -0.1) is 0 Å². The molecule has 3 aromatic rings. The summed E-state index contributed by atoms with van der Waals surface area (Å²) in [5.74, 6) is 0.308. The number of benzene rings is 2. The minimum absolute atomic E-state index is 0.126. The normalized spacial score (nSPS) is 16.0. The van der Waals surface area contributed by atoms with Crippen molar-refractivity contribution in [3.8, 4) is 0 Å². The first kappa shape index (κ1) is 22.9. The monoisotopic (exact) mass is 465 g/mol. The average Bonchev–Trinajstić information content (AvgIpc) is 3.17. The van der Waals surface area contributed by atoms with Crippen molar-refractivity contribution in [2.75, 3.05) is 5.32 Å². The Hall–Kier alpha value is -3.23. The molecule has 0 saturated heterocycles. The number of hydrogen-bond donors (Lipinski definition) is 2. The van der Waals surface area contributed by atoms with Crippen molar-refractivity contribution in [3.05, 3.63) is 76.7 Å². The number of amides is 1. The number of anilines is 1. The summed E-state index contributed by atoms with van der Waals surface area (Å²) in [6.07, 6.45) is 6.54. The summed E-state index contributed by atoms with van der Waals surface area (Å²) in [7, 11) is -3.66. The Labute approximate surface area is 193 Å². The number of fused-ring (bicyclic) bond motifs is 1. The Morgan fingerprint density at radius 3 is 2.67 bits per heavy atom. The molecule has 0 bridgehead atoms. The molecule has 1 atom stereocenters. The van der Waals surface area contributed by atoms with Gasteiger partial charge < -0.3 is 9.84 Å². The largest absolute Gasteiger partial charge is 0.354 e. The first-order chi connectivity index (χ1) is 15.9. The fourth-order valence-electron chi connectivity index (χ4n) is 3.94. The maximum Gasteiger partial charge on any atom is 0.241 e. The molecular formula is C25H27N3O4S. The van der Waals surface area contributed by atoms with Crippen LogP contribution in [0.3, 0.4) is 0 Å². The molecule has 1 aromatic heterocycles. The zero-order chi connectivity index (χ0) is 23.4. The van der Waals surface area contributed by atoms with E-state index in [0.29, 0.717) is 23.6 Å². The summed E-state index contributed by atoms with van der Waals surface area (Å²) in [5.41, 5.74) is 4.18. The van der Waals surface area contributed by atoms with E-state index in [1.54, 1.807) is 50.3 Å². The van der Waals surface area contributed by atoms with Crippen molar-refractivity contribution in [1.29, 1.82) is 0 Å². The van der Waals surface area contributed by atoms with Gasteiger partial charge in [-0.3, -0.25) is 4.79 Å². The van der Waals surface area contributed by atoms with E-state index in [1.807, 2.05) is 18.2 Å². The van der Waals surface area contributed by atoms with Crippen molar-refractivity contribution >= 4 is 33.8 Å². The molecule has 1 amide bonds. The molecule has 7 nitrogen and oxygen atoms in total. The van der Waals surface area contributed by atoms with Gasteiger partial charge in [-0.25, -0.2) is 13.1 Å². The van der Waals surface area contributed by atoms with Gasteiger partial charge in [-0.1, -0.05) is 54.6 Å². The number of aromatic nitrogens is 1. The molecule has 8 heteroatoms. The van der Waals surface area contributed by atoms with Crippen LogP contribution in [0.15, 0.2) is 57.9 Å². The molecule has 0 radical (unpaired) electrons. The molecule has 0 aliphatic heterocycles. The summed E-state index contributed by atoms with van der Waals surface area (Å²) in [5, 5.41) is 6.69. The van der Waals surface area contributed by atoms with Gasteiger partial charge in [0.1, 0.15) is 11.4 Å². The van der Waals surface area contributed by atoms with E-state index >= 15 is 0 Å². The smallest absolute Gasteiger partial charge is 0.241 e. The lowest BCUT2D eigenvalue weighted by molar-refractivity contribution is -0.115. The summed E-state index contributed by atoms with van der Waals surface area (Å²) in [6.45, 7) is 3.52. The minimum atomic E-state index is -3.66. The average molecular weight is 466 g/mol. The van der Waals surface area contributed by atoms with Crippen molar-refractivity contribution < 1.29 is 17.7 Å². The number of rotatable bonds is 7. The minimum Gasteiger partial charge on any atom is -0.354 e. The topological polar surface area (TPSA) is 101 Å². The van der Waals surface area contributed by atoms with Crippen LogP contribution < -0.4 is 10.0 Å². The molecule has 1 aliphatic carbocycles. The third kappa shape index (κ3) is 5.23. The highest BCUT2D eigenvalue weighted by molar-refractivity contribution is 7.89. The van der Waals surface area contributed by atoms with Crippen molar-refractivity contribution in [2.45, 2.75) is 50.5 Å². The molecule has 33 heavy (non-hydrogen) atoms.